The molecule has 2 aromatic rings. The highest BCUT2D eigenvalue weighted by atomic mass is 35.5. The molecule has 3 rings (SSSR count). The Morgan fingerprint density at radius 3 is 2.74 bits per heavy atom. The molecule has 1 aliphatic heterocycles. The standard InChI is InChI=1S/C17H15ClFNO3/c1-2-20(17(21)13-5-4-12(19)8-14(13)18)9-11-3-6-15-16(7-11)23-10-22-15/h3-8H,2,9-10H2,1H3. The summed E-state index contributed by atoms with van der Waals surface area (Å²) in [5.41, 5.74) is 1.21. The van der Waals surface area contributed by atoms with E-state index < -0.39 is 5.82 Å². The van der Waals surface area contributed by atoms with E-state index >= 15 is 0 Å². The van der Waals surface area contributed by atoms with Crippen molar-refractivity contribution >= 4 is 17.5 Å². The minimum atomic E-state index is -0.467. The molecule has 1 heterocycles. The average Bonchev–Trinajstić information content (AvgIpc) is 2.99. The molecule has 6 heteroatoms. The Balaban J connectivity index is 1.80. The third-order valence-corrected chi connectivity index (χ3v) is 3.95. The van der Waals surface area contributed by atoms with Crippen LogP contribution in [0.3, 0.4) is 0 Å². The van der Waals surface area contributed by atoms with Crippen LogP contribution in [0.15, 0.2) is 36.4 Å². The molecule has 4 nitrogen and oxygen atoms in total. The zero-order valence-electron chi connectivity index (χ0n) is 12.5. The van der Waals surface area contributed by atoms with E-state index in [1.165, 1.54) is 12.1 Å². The fraction of sp³-hybridized carbons (Fsp3) is 0.235. The molecule has 1 aliphatic rings. The summed E-state index contributed by atoms with van der Waals surface area (Å²) in [4.78, 5) is 14.2. The maximum absolute atomic E-state index is 13.1. The molecular formula is C17H15ClFNO3. The molecule has 120 valence electrons. The Hall–Kier alpha value is -2.27. The van der Waals surface area contributed by atoms with Gasteiger partial charge in [0.05, 0.1) is 10.6 Å². The number of hydrogen-bond acceptors (Lipinski definition) is 3. The van der Waals surface area contributed by atoms with Crippen LogP contribution in [0.4, 0.5) is 4.39 Å². The van der Waals surface area contributed by atoms with Crippen molar-refractivity contribution < 1.29 is 18.7 Å². The number of carbonyl (C=O) groups is 1. The van der Waals surface area contributed by atoms with Crippen LogP contribution >= 0.6 is 11.6 Å². The van der Waals surface area contributed by atoms with Gasteiger partial charge in [0.15, 0.2) is 11.5 Å². The van der Waals surface area contributed by atoms with Crippen LogP contribution in [0.2, 0.25) is 5.02 Å². The minimum Gasteiger partial charge on any atom is -0.454 e. The molecule has 2 aromatic carbocycles. The number of ether oxygens (including phenoxy) is 2. The van der Waals surface area contributed by atoms with Crippen LogP contribution in [0, 0.1) is 5.82 Å². The van der Waals surface area contributed by atoms with Crippen molar-refractivity contribution in [1.29, 1.82) is 0 Å². The molecule has 0 N–H and O–H groups in total. The lowest BCUT2D eigenvalue weighted by Gasteiger charge is -2.21. The number of halogens is 2. The van der Waals surface area contributed by atoms with Crippen LogP contribution in [-0.4, -0.2) is 24.1 Å². The van der Waals surface area contributed by atoms with Gasteiger partial charge in [-0.05, 0) is 42.8 Å². The second-order valence-electron chi connectivity index (χ2n) is 5.13. The van der Waals surface area contributed by atoms with Gasteiger partial charge >= 0.3 is 0 Å². The van der Waals surface area contributed by atoms with E-state index in [0.717, 1.165) is 11.6 Å². The fourth-order valence-electron chi connectivity index (χ4n) is 2.42. The van der Waals surface area contributed by atoms with E-state index in [9.17, 15) is 9.18 Å². The summed E-state index contributed by atoms with van der Waals surface area (Å²) in [6.07, 6.45) is 0. The molecule has 0 unspecified atom stereocenters. The Morgan fingerprint density at radius 1 is 1.22 bits per heavy atom. The minimum absolute atomic E-state index is 0.110. The average molecular weight is 336 g/mol. The fourth-order valence-corrected chi connectivity index (χ4v) is 2.67. The highest BCUT2D eigenvalue weighted by Gasteiger charge is 2.19. The molecule has 0 bridgehead atoms. The highest BCUT2D eigenvalue weighted by molar-refractivity contribution is 6.33. The lowest BCUT2D eigenvalue weighted by atomic mass is 10.1. The normalized spacial score (nSPS) is 12.3. The van der Waals surface area contributed by atoms with E-state index in [0.29, 0.717) is 24.6 Å². The first-order valence-electron chi connectivity index (χ1n) is 7.21. The molecule has 23 heavy (non-hydrogen) atoms. The Kier molecular flexibility index (Phi) is 4.39. The van der Waals surface area contributed by atoms with Crippen LogP contribution < -0.4 is 9.47 Å². The number of benzene rings is 2. The van der Waals surface area contributed by atoms with Crippen LogP contribution in [0.1, 0.15) is 22.8 Å². The monoisotopic (exact) mass is 335 g/mol. The van der Waals surface area contributed by atoms with E-state index in [4.69, 9.17) is 21.1 Å². The van der Waals surface area contributed by atoms with Crippen molar-refractivity contribution in [2.45, 2.75) is 13.5 Å². The summed E-state index contributed by atoms with van der Waals surface area (Å²) in [5.74, 6) is 0.663. The second-order valence-corrected chi connectivity index (χ2v) is 5.54. The summed E-state index contributed by atoms with van der Waals surface area (Å²) in [5, 5.41) is 0.110. The number of amides is 1. The van der Waals surface area contributed by atoms with Gasteiger partial charge in [0.1, 0.15) is 5.82 Å². The van der Waals surface area contributed by atoms with Crippen molar-refractivity contribution in [3.8, 4) is 11.5 Å². The summed E-state index contributed by atoms with van der Waals surface area (Å²) in [6.45, 7) is 2.99. The number of hydrogen-bond donors (Lipinski definition) is 0. The molecule has 0 saturated carbocycles. The zero-order valence-corrected chi connectivity index (χ0v) is 13.3. The van der Waals surface area contributed by atoms with Crippen LogP contribution in [0.25, 0.3) is 0 Å². The predicted octanol–water partition coefficient (Wildman–Crippen LogP) is 3.87. The maximum Gasteiger partial charge on any atom is 0.255 e. The van der Waals surface area contributed by atoms with Gasteiger partial charge in [-0.3, -0.25) is 4.79 Å². The Morgan fingerprint density at radius 2 is 2.00 bits per heavy atom. The maximum atomic E-state index is 13.1. The summed E-state index contributed by atoms with van der Waals surface area (Å²) >= 11 is 5.98. The third-order valence-electron chi connectivity index (χ3n) is 3.64. The molecule has 0 saturated heterocycles. The third kappa shape index (κ3) is 3.24. The van der Waals surface area contributed by atoms with Crippen LogP contribution in [0.5, 0.6) is 11.5 Å². The highest BCUT2D eigenvalue weighted by Crippen LogP contribution is 2.33. The topological polar surface area (TPSA) is 38.8 Å². The number of fused-ring (bicyclic) bond motifs is 1. The number of rotatable bonds is 4. The van der Waals surface area contributed by atoms with Gasteiger partial charge in [-0.1, -0.05) is 17.7 Å². The predicted molar refractivity (Wildman–Crippen MR) is 84.4 cm³/mol. The summed E-state index contributed by atoms with van der Waals surface area (Å²) in [7, 11) is 0. The van der Waals surface area contributed by atoms with E-state index in [-0.39, 0.29) is 23.3 Å². The largest absolute Gasteiger partial charge is 0.454 e. The van der Waals surface area contributed by atoms with Gasteiger partial charge in [-0.2, -0.15) is 0 Å². The van der Waals surface area contributed by atoms with Crippen molar-refractivity contribution in [1.82, 2.24) is 4.90 Å². The zero-order chi connectivity index (χ0) is 16.4. The van der Waals surface area contributed by atoms with Gasteiger partial charge in [0.25, 0.3) is 5.91 Å². The molecule has 0 radical (unpaired) electrons. The lowest BCUT2D eigenvalue weighted by Crippen LogP contribution is -2.30. The first-order valence-corrected chi connectivity index (χ1v) is 7.59. The van der Waals surface area contributed by atoms with E-state index in [1.807, 2.05) is 25.1 Å². The number of nitrogens with zero attached hydrogens (tertiary/aromatic N) is 1. The molecular weight excluding hydrogens is 321 g/mol. The molecule has 0 aliphatic carbocycles. The summed E-state index contributed by atoms with van der Waals surface area (Å²) < 4.78 is 23.7. The van der Waals surface area contributed by atoms with Gasteiger partial charge < -0.3 is 14.4 Å². The van der Waals surface area contributed by atoms with Gasteiger partial charge in [0, 0.05) is 13.1 Å². The molecule has 0 spiro atoms. The van der Waals surface area contributed by atoms with Crippen molar-refractivity contribution in [2.24, 2.45) is 0 Å². The quantitative estimate of drug-likeness (QED) is 0.851. The smallest absolute Gasteiger partial charge is 0.255 e. The van der Waals surface area contributed by atoms with Crippen molar-refractivity contribution in [3.63, 3.8) is 0 Å². The van der Waals surface area contributed by atoms with E-state index in [2.05, 4.69) is 0 Å². The first kappa shape index (κ1) is 15.6. The summed E-state index contributed by atoms with van der Waals surface area (Å²) in [6, 6.07) is 9.33. The second kappa shape index (κ2) is 6.46. The van der Waals surface area contributed by atoms with E-state index in [1.54, 1.807) is 4.90 Å². The van der Waals surface area contributed by atoms with Crippen LogP contribution in [-0.2, 0) is 6.54 Å². The van der Waals surface area contributed by atoms with Gasteiger partial charge in [-0.25, -0.2) is 4.39 Å². The molecule has 0 aromatic heterocycles. The Labute approximate surface area is 138 Å². The van der Waals surface area contributed by atoms with Gasteiger partial charge in [0.2, 0.25) is 6.79 Å². The van der Waals surface area contributed by atoms with Gasteiger partial charge in [-0.15, -0.1) is 0 Å². The lowest BCUT2D eigenvalue weighted by molar-refractivity contribution is 0.0752. The first-order chi connectivity index (χ1) is 11.1. The SMILES string of the molecule is CCN(Cc1ccc2c(c1)OCO2)C(=O)c1ccc(F)cc1Cl. The molecule has 1 amide bonds. The molecule has 0 fully saturated rings. The van der Waals surface area contributed by atoms with Crippen molar-refractivity contribution in [3.05, 3.63) is 58.4 Å². The Bertz CT molecular complexity index is 751. The molecule has 0 atom stereocenters. The number of carbonyl (C=O) groups excluding carboxylic acids is 1. The van der Waals surface area contributed by atoms with Crippen molar-refractivity contribution in [2.75, 3.05) is 13.3 Å².